The van der Waals surface area contributed by atoms with Crippen molar-refractivity contribution in [2.75, 3.05) is 21.3 Å². The topological polar surface area (TPSA) is 61.8 Å². The Hall–Kier alpha value is -2.25. The van der Waals surface area contributed by atoms with Gasteiger partial charge in [-0.05, 0) is 17.7 Å². The van der Waals surface area contributed by atoms with Crippen molar-refractivity contribution in [1.82, 2.24) is 0 Å². The van der Waals surface area contributed by atoms with Gasteiger partial charge in [-0.15, -0.1) is 0 Å². The van der Waals surface area contributed by atoms with Gasteiger partial charge in [0.05, 0.1) is 21.3 Å². The highest BCUT2D eigenvalue weighted by Gasteiger charge is 2.69. The van der Waals surface area contributed by atoms with Crippen LogP contribution in [0.4, 0.5) is 13.2 Å². The number of methoxy groups -OCH3 is 3. The van der Waals surface area contributed by atoms with Gasteiger partial charge in [-0.3, -0.25) is 9.59 Å². The Labute approximate surface area is 124 Å². The molecule has 5 nitrogen and oxygen atoms in total. The van der Waals surface area contributed by atoms with Crippen molar-refractivity contribution in [3.8, 4) is 11.5 Å². The van der Waals surface area contributed by atoms with E-state index < -0.39 is 29.8 Å². The number of rotatable bonds is 3. The second-order valence-corrected chi connectivity index (χ2v) is 4.76. The van der Waals surface area contributed by atoms with Crippen LogP contribution in [0.2, 0.25) is 0 Å². The quantitative estimate of drug-likeness (QED) is 0.631. The molecule has 1 aliphatic rings. The zero-order chi connectivity index (χ0) is 16.7. The van der Waals surface area contributed by atoms with Crippen LogP contribution in [0.15, 0.2) is 12.1 Å². The lowest BCUT2D eigenvalue weighted by molar-refractivity contribution is -0.215. The molecule has 2 rings (SSSR count). The normalized spacial score (nSPS) is 20.5. The number of fused-ring (bicyclic) bond motifs is 1. The smallest absolute Gasteiger partial charge is 0.412 e. The van der Waals surface area contributed by atoms with Gasteiger partial charge < -0.3 is 14.2 Å². The lowest BCUT2D eigenvalue weighted by Crippen LogP contribution is -2.50. The summed E-state index contributed by atoms with van der Waals surface area (Å²) in [5.74, 6) is -2.68. The molecule has 1 atom stereocenters. The van der Waals surface area contributed by atoms with Gasteiger partial charge in [0.25, 0.3) is 0 Å². The minimum Gasteiger partial charge on any atom is -0.493 e. The average molecular weight is 318 g/mol. The number of carbonyl (C=O) groups excluding carboxylic acids is 2. The molecule has 0 amide bonds. The van der Waals surface area contributed by atoms with Gasteiger partial charge in [-0.1, -0.05) is 0 Å². The lowest BCUT2D eigenvalue weighted by atomic mass is 9.83. The largest absolute Gasteiger partial charge is 0.493 e. The van der Waals surface area contributed by atoms with Crippen molar-refractivity contribution in [3.63, 3.8) is 0 Å². The van der Waals surface area contributed by atoms with Crippen LogP contribution in [-0.2, 0) is 16.0 Å². The third-order valence-corrected chi connectivity index (χ3v) is 3.72. The molecule has 0 N–H and O–H groups in total. The number of hydrogen-bond acceptors (Lipinski definition) is 5. The fourth-order valence-corrected chi connectivity index (χ4v) is 2.56. The minimum atomic E-state index is -5.07. The molecule has 8 heteroatoms. The fourth-order valence-electron chi connectivity index (χ4n) is 2.56. The first-order chi connectivity index (χ1) is 10.2. The van der Waals surface area contributed by atoms with E-state index in [1.54, 1.807) is 0 Å². The average Bonchev–Trinajstić information content (AvgIpc) is 2.78. The van der Waals surface area contributed by atoms with E-state index in [1.165, 1.54) is 20.3 Å². The van der Waals surface area contributed by atoms with E-state index in [1.807, 2.05) is 0 Å². The number of esters is 1. The molecule has 0 saturated heterocycles. The van der Waals surface area contributed by atoms with Gasteiger partial charge in [0.15, 0.2) is 17.3 Å². The molecule has 0 heterocycles. The first-order valence-electron chi connectivity index (χ1n) is 6.17. The van der Waals surface area contributed by atoms with Gasteiger partial charge >= 0.3 is 12.1 Å². The highest BCUT2D eigenvalue weighted by molar-refractivity contribution is 6.17. The summed E-state index contributed by atoms with van der Waals surface area (Å²) in [6.45, 7) is 0. The summed E-state index contributed by atoms with van der Waals surface area (Å²) < 4.78 is 54.6. The molecule has 22 heavy (non-hydrogen) atoms. The van der Waals surface area contributed by atoms with Crippen molar-refractivity contribution in [1.29, 1.82) is 0 Å². The number of halogens is 3. The maximum Gasteiger partial charge on any atom is 0.412 e. The number of alkyl halides is 3. The van der Waals surface area contributed by atoms with E-state index in [0.717, 1.165) is 13.2 Å². The van der Waals surface area contributed by atoms with E-state index in [-0.39, 0.29) is 22.6 Å². The standard InChI is InChI=1S/C14H13F3O5/c1-20-9-4-7-6-13(12(19)22-3,14(15,16)17)11(18)8(7)5-10(9)21-2/h4-5H,6H2,1-3H3. The first-order valence-corrected chi connectivity index (χ1v) is 6.17. The highest BCUT2D eigenvalue weighted by atomic mass is 19.4. The van der Waals surface area contributed by atoms with Crippen LogP contribution in [0.5, 0.6) is 11.5 Å². The fraction of sp³-hybridized carbons (Fsp3) is 0.429. The second kappa shape index (κ2) is 5.19. The van der Waals surface area contributed by atoms with Crippen LogP contribution in [0.25, 0.3) is 0 Å². The van der Waals surface area contributed by atoms with Gasteiger partial charge in [0, 0.05) is 12.0 Å². The molecule has 1 aliphatic carbocycles. The third-order valence-electron chi connectivity index (χ3n) is 3.72. The summed E-state index contributed by atoms with van der Waals surface area (Å²) in [5, 5.41) is 0. The summed E-state index contributed by atoms with van der Waals surface area (Å²) >= 11 is 0. The zero-order valence-electron chi connectivity index (χ0n) is 12.0. The number of ketones is 1. The van der Waals surface area contributed by atoms with Crippen LogP contribution in [0, 0.1) is 5.41 Å². The van der Waals surface area contributed by atoms with Gasteiger partial charge in [-0.25, -0.2) is 0 Å². The first kappa shape index (κ1) is 16.1. The Kier molecular flexibility index (Phi) is 3.80. The highest BCUT2D eigenvalue weighted by Crippen LogP contribution is 2.51. The van der Waals surface area contributed by atoms with Gasteiger partial charge in [0.1, 0.15) is 0 Å². The monoisotopic (exact) mass is 318 g/mol. The molecular formula is C14H13F3O5. The summed E-state index contributed by atoms with van der Waals surface area (Å²) in [6, 6.07) is 2.41. The minimum absolute atomic E-state index is 0.0605. The molecule has 0 spiro atoms. The number of carbonyl (C=O) groups is 2. The number of Topliss-reactive ketones (excluding diaryl/α,β-unsaturated/α-hetero) is 1. The molecule has 0 saturated carbocycles. The summed E-state index contributed by atoms with van der Waals surface area (Å²) in [4.78, 5) is 24.1. The molecule has 0 aromatic heterocycles. The van der Waals surface area contributed by atoms with Crippen LogP contribution >= 0.6 is 0 Å². The third kappa shape index (κ3) is 2.01. The maximum atomic E-state index is 13.4. The molecule has 1 unspecified atom stereocenters. The van der Waals surface area contributed by atoms with Crippen LogP contribution in [0.3, 0.4) is 0 Å². The molecule has 0 fully saturated rings. The van der Waals surface area contributed by atoms with E-state index in [4.69, 9.17) is 9.47 Å². The van der Waals surface area contributed by atoms with Crippen molar-refractivity contribution in [2.24, 2.45) is 5.41 Å². The zero-order valence-corrected chi connectivity index (χ0v) is 12.0. The van der Waals surface area contributed by atoms with Crippen molar-refractivity contribution < 1.29 is 37.0 Å². The summed E-state index contributed by atoms with van der Waals surface area (Å²) in [6.07, 6.45) is -5.89. The molecule has 1 aromatic carbocycles. The summed E-state index contributed by atoms with van der Waals surface area (Å²) in [7, 11) is 3.42. The molecular weight excluding hydrogens is 305 g/mol. The van der Waals surface area contributed by atoms with Crippen molar-refractivity contribution in [3.05, 3.63) is 23.3 Å². The SMILES string of the molecule is COC(=O)C1(C(F)(F)F)Cc2cc(OC)c(OC)cc2C1=O. The van der Waals surface area contributed by atoms with Crippen molar-refractivity contribution >= 4 is 11.8 Å². The van der Waals surface area contributed by atoms with Crippen LogP contribution in [0.1, 0.15) is 15.9 Å². The van der Waals surface area contributed by atoms with Crippen LogP contribution in [-0.4, -0.2) is 39.3 Å². The Morgan fingerprint density at radius 2 is 1.68 bits per heavy atom. The Balaban J connectivity index is 2.66. The predicted molar refractivity (Wildman–Crippen MR) is 68.1 cm³/mol. The molecule has 0 bridgehead atoms. The van der Waals surface area contributed by atoms with Gasteiger partial charge in [-0.2, -0.15) is 13.2 Å². The molecule has 0 aliphatic heterocycles. The Bertz CT molecular complexity index is 638. The second-order valence-electron chi connectivity index (χ2n) is 4.76. The summed E-state index contributed by atoms with van der Waals surface area (Å²) in [5.41, 5.74) is -3.38. The maximum absolute atomic E-state index is 13.4. The lowest BCUT2D eigenvalue weighted by Gasteiger charge is -2.26. The molecule has 0 radical (unpaired) electrons. The molecule has 120 valence electrons. The van der Waals surface area contributed by atoms with Crippen LogP contribution < -0.4 is 9.47 Å². The van der Waals surface area contributed by atoms with E-state index in [2.05, 4.69) is 4.74 Å². The van der Waals surface area contributed by atoms with Crippen molar-refractivity contribution in [2.45, 2.75) is 12.6 Å². The number of ether oxygens (including phenoxy) is 3. The number of benzene rings is 1. The van der Waals surface area contributed by atoms with Gasteiger partial charge in [0.2, 0.25) is 5.41 Å². The molecule has 1 aromatic rings. The Morgan fingerprint density at radius 1 is 1.14 bits per heavy atom. The van der Waals surface area contributed by atoms with E-state index >= 15 is 0 Å². The predicted octanol–water partition coefficient (Wildman–Crippen LogP) is 2.16. The van der Waals surface area contributed by atoms with E-state index in [9.17, 15) is 22.8 Å². The van der Waals surface area contributed by atoms with E-state index in [0.29, 0.717) is 0 Å². The Morgan fingerprint density at radius 3 is 2.14 bits per heavy atom. The number of hydrogen-bond donors (Lipinski definition) is 0.